The summed E-state index contributed by atoms with van der Waals surface area (Å²) >= 11 is 0. The number of amides is 1. The van der Waals surface area contributed by atoms with Gasteiger partial charge in [0.15, 0.2) is 28.6 Å². The number of aliphatic hydroxyl groups is 3. The van der Waals surface area contributed by atoms with Gasteiger partial charge in [0.25, 0.3) is 0 Å². The molecule has 0 aromatic rings. The fourth-order valence-corrected chi connectivity index (χ4v) is 2.83. The van der Waals surface area contributed by atoms with Crippen molar-refractivity contribution in [1.29, 1.82) is 0 Å². The zero-order valence-corrected chi connectivity index (χ0v) is 13.3. The van der Waals surface area contributed by atoms with Gasteiger partial charge in [0, 0.05) is 6.92 Å². The van der Waals surface area contributed by atoms with Gasteiger partial charge >= 0.3 is 0 Å². The summed E-state index contributed by atoms with van der Waals surface area (Å²) in [6.45, 7) is 3.43. The third-order valence-corrected chi connectivity index (χ3v) is 4.09. The van der Waals surface area contributed by atoms with E-state index < -0.39 is 59.3 Å². The monoisotopic (exact) mass is 331 g/mol. The van der Waals surface area contributed by atoms with Gasteiger partial charge in [-0.15, -0.1) is 0 Å². The number of rotatable bonds is 5. The molecule has 5 atom stereocenters. The van der Waals surface area contributed by atoms with E-state index in [4.69, 9.17) is 4.74 Å². The highest BCUT2D eigenvalue weighted by Gasteiger charge is 2.69. The topological polar surface area (TPSA) is 150 Å². The third kappa shape index (κ3) is 2.92. The second kappa shape index (κ2) is 6.44. The molecule has 1 saturated heterocycles. The molecule has 1 rings (SSSR count). The van der Waals surface area contributed by atoms with E-state index in [1.165, 1.54) is 0 Å². The summed E-state index contributed by atoms with van der Waals surface area (Å²) in [5.41, 5.74) is -5.67. The molecular formula is C14H21NO8. The molecule has 23 heavy (non-hydrogen) atoms. The van der Waals surface area contributed by atoms with Crippen molar-refractivity contribution in [2.45, 2.75) is 57.1 Å². The normalized spacial score (nSPS) is 35.3. The first-order chi connectivity index (χ1) is 10.4. The average molecular weight is 331 g/mol. The van der Waals surface area contributed by atoms with Crippen molar-refractivity contribution in [1.82, 2.24) is 5.32 Å². The van der Waals surface area contributed by atoms with Gasteiger partial charge in [0.1, 0.15) is 12.2 Å². The van der Waals surface area contributed by atoms with E-state index in [0.717, 1.165) is 27.7 Å². The summed E-state index contributed by atoms with van der Waals surface area (Å²) in [4.78, 5) is 46.7. The highest BCUT2D eigenvalue weighted by atomic mass is 16.5. The first-order valence-corrected chi connectivity index (χ1v) is 6.94. The van der Waals surface area contributed by atoms with Crippen LogP contribution in [0.4, 0.5) is 0 Å². The molecule has 9 nitrogen and oxygen atoms in total. The Balaban J connectivity index is 3.52. The zero-order chi connectivity index (χ0) is 18.2. The Kier molecular flexibility index (Phi) is 5.42. The molecule has 1 aliphatic heterocycles. The van der Waals surface area contributed by atoms with Crippen LogP contribution in [0.5, 0.6) is 0 Å². The summed E-state index contributed by atoms with van der Waals surface area (Å²) in [7, 11) is 0. The smallest absolute Gasteiger partial charge is 0.217 e. The highest BCUT2D eigenvalue weighted by molar-refractivity contribution is 6.00. The van der Waals surface area contributed by atoms with E-state index in [1.54, 1.807) is 0 Å². The van der Waals surface area contributed by atoms with Crippen LogP contribution in [0.2, 0.25) is 0 Å². The van der Waals surface area contributed by atoms with Crippen LogP contribution in [0.3, 0.4) is 0 Å². The number of carbonyl (C=O) groups excluding carboxylic acids is 4. The standard InChI is InChI=1S/C14H21NO8/c1-6(16)11(20)12-14(22,8(3)18)13(21,7(2)17)10(5-23-12)15-9(4)19/h10-12,20-22H,5H2,1-4H3,(H,15,19)/t10-,11?,12-,13-,14+/m1/s1. The Bertz CT molecular complexity index is 547. The van der Waals surface area contributed by atoms with E-state index >= 15 is 0 Å². The van der Waals surface area contributed by atoms with E-state index in [2.05, 4.69) is 5.32 Å². The quantitative estimate of drug-likeness (QED) is 0.431. The van der Waals surface area contributed by atoms with Crippen LogP contribution in [0.15, 0.2) is 0 Å². The van der Waals surface area contributed by atoms with Gasteiger partial charge < -0.3 is 25.4 Å². The molecule has 0 bridgehead atoms. The minimum Gasteiger partial charge on any atom is -0.382 e. The Morgan fingerprint density at radius 1 is 1.04 bits per heavy atom. The van der Waals surface area contributed by atoms with Gasteiger partial charge in [-0.25, -0.2) is 0 Å². The Morgan fingerprint density at radius 2 is 1.52 bits per heavy atom. The van der Waals surface area contributed by atoms with Crippen molar-refractivity contribution in [2.75, 3.05) is 6.61 Å². The van der Waals surface area contributed by atoms with Crippen LogP contribution >= 0.6 is 0 Å². The number of nitrogens with one attached hydrogen (secondary N) is 1. The minimum atomic E-state index is -2.91. The molecule has 1 heterocycles. The maximum absolute atomic E-state index is 12.0. The van der Waals surface area contributed by atoms with Gasteiger partial charge in [0.05, 0.1) is 12.6 Å². The van der Waals surface area contributed by atoms with Gasteiger partial charge in [-0.05, 0) is 20.8 Å². The van der Waals surface area contributed by atoms with Crippen LogP contribution < -0.4 is 5.32 Å². The maximum Gasteiger partial charge on any atom is 0.217 e. The van der Waals surface area contributed by atoms with Crippen molar-refractivity contribution in [3.63, 3.8) is 0 Å². The molecule has 1 unspecified atom stereocenters. The summed E-state index contributed by atoms with van der Waals surface area (Å²) < 4.78 is 5.17. The molecule has 0 aromatic carbocycles. The number of carbonyl (C=O) groups is 4. The summed E-state index contributed by atoms with van der Waals surface area (Å²) in [6.07, 6.45) is -3.79. The maximum atomic E-state index is 12.0. The highest BCUT2D eigenvalue weighted by Crippen LogP contribution is 2.38. The lowest BCUT2D eigenvalue weighted by Crippen LogP contribution is -2.81. The average Bonchev–Trinajstić information content (AvgIpc) is 2.42. The van der Waals surface area contributed by atoms with Crippen LogP contribution in [0.25, 0.3) is 0 Å². The Labute approximate surface area is 132 Å². The predicted octanol–water partition coefficient (Wildman–Crippen LogP) is -2.52. The number of Topliss-reactive ketones (excluding diaryl/α,β-unsaturated/α-hetero) is 3. The SMILES string of the molecule is CC(=O)N[C@@H]1CO[C@H](C(O)C(C)=O)[C@@](O)(C(C)=O)[C@@]1(O)C(C)=O. The van der Waals surface area contributed by atoms with Crippen LogP contribution in [0, 0.1) is 0 Å². The molecule has 1 fully saturated rings. The number of ether oxygens (including phenoxy) is 1. The molecule has 0 aromatic heterocycles. The Morgan fingerprint density at radius 3 is 1.87 bits per heavy atom. The molecule has 130 valence electrons. The van der Waals surface area contributed by atoms with Gasteiger partial charge in [-0.1, -0.05) is 0 Å². The fraction of sp³-hybridized carbons (Fsp3) is 0.714. The van der Waals surface area contributed by atoms with Crippen LogP contribution in [0.1, 0.15) is 27.7 Å². The van der Waals surface area contributed by atoms with Crippen LogP contribution in [-0.2, 0) is 23.9 Å². The first kappa shape index (κ1) is 19.4. The lowest BCUT2D eigenvalue weighted by Gasteiger charge is -2.52. The molecule has 0 spiro atoms. The minimum absolute atomic E-state index is 0.486. The molecule has 0 aliphatic carbocycles. The lowest BCUT2D eigenvalue weighted by atomic mass is 9.66. The van der Waals surface area contributed by atoms with Crippen molar-refractivity contribution < 1.29 is 39.2 Å². The molecule has 9 heteroatoms. The van der Waals surface area contributed by atoms with Gasteiger partial charge in [-0.3, -0.25) is 19.2 Å². The Hall–Kier alpha value is -1.68. The van der Waals surface area contributed by atoms with Gasteiger partial charge in [-0.2, -0.15) is 0 Å². The van der Waals surface area contributed by atoms with Gasteiger partial charge in [0.2, 0.25) is 5.91 Å². The third-order valence-electron chi connectivity index (χ3n) is 4.09. The van der Waals surface area contributed by atoms with Crippen molar-refractivity contribution in [3.05, 3.63) is 0 Å². The number of hydrogen-bond acceptors (Lipinski definition) is 8. The largest absolute Gasteiger partial charge is 0.382 e. The molecule has 1 amide bonds. The molecule has 0 saturated carbocycles. The zero-order valence-electron chi connectivity index (χ0n) is 13.3. The number of ketones is 3. The lowest BCUT2D eigenvalue weighted by molar-refractivity contribution is -0.259. The predicted molar refractivity (Wildman–Crippen MR) is 75.3 cm³/mol. The molecule has 4 N–H and O–H groups in total. The van der Waals surface area contributed by atoms with Crippen molar-refractivity contribution in [3.8, 4) is 0 Å². The van der Waals surface area contributed by atoms with E-state index in [9.17, 15) is 34.5 Å². The van der Waals surface area contributed by atoms with E-state index in [1.807, 2.05) is 0 Å². The van der Waals surface area contributed by atoms with Crippen LogP contribution in [-0.4, -0.2) is 74.6 Å². The van der Waals surface area contributed by atoms with E-state index in [-0.39, 0.29) is 0 Å². The fourth-order valence-electron chi connectivity index (χ4n) is 2.83. The number of aliphatic hydroxyl groups excluding tert-OH is 1. The second-order valence-electron chi connectivity index (χ2n) is 5.71. The van der Waals surface area contributed by atoms with Crippen molar-refractivity contribution >= 4 is 23.3 Å². The molecular weight excluding hydrogens is 310 g/mol. The summed E-state index contributed by atoms with van der Waals surface area (Å²) in [6, 6.07) is -1.43. The summed E-state index contributed by atoms with van der Waals surface area (Å²) in [5, 5.41) is 33.8. The molecule has 0 radical (unpaired) electrons. The number of hydrogen-bond donors (Lipinski definition) is 4. The van der Waals surface area contributed by atoms with E-state index in [0.29, 0.717) is 0 Å². The second-order valence-corrected chi connectivity index (χ2v) is 5.71. The van der Waals surface area contributed by atoms with Crippen molar-refractivity contribution in [2.24, 2.45) is 0 Å². The summed E-state index contributed by atoms with van der Waals surface area (Å²) in [5.74, 6) is -3.55. The first-order valence-electron chi connectivity index (χ1n) is 6.94. The molecule has 1 aliphatic rings.